The molecule has 1 amide bonds. The number of fused-ring (bicyclic) bond motifs is 1. The van der Waals surface area contributed by atoms with Crippen molar-refractivity contribution in [3.8, 4) is 5.75 Å². The number of anilines is 1. The van der Waals surface area contributed by atoms with Crippen LogP contribution in [0.25, 0.3) is 10.8 Å². The van der Waals surface area contributed by atoms with E-state index in [9.17, 15) is 19.5 Å². The normalized spacial score (nSPS) is 10.4. The van der Waals surface area contributed by atoms with Gasteiger partial charge in [0.05, 0.1) is 0 Å². The lowest BCUT2D eigenvalue weighted by Crippen LogP contribution is -2.21. The van der Waals surface area contributed by atoms with Crippen LogP contribution in [-0.4, -0.2) is 29.4 Å². The fraction of sp³-hybridized carbons (Fsp3) is 0.0952. The number of esters is 1. The smallest absolute Gasteiger partial charge is 0.342 e. The van der Waals surface area contributed by atoms with E-state index in [-0.39, 0.29) is 17.1 Å². The first-order chi connectivity index (χ1) is 13.0. The third-order valence-corrected chi connectivity index (χ3v) is 4.01. The molecule has 0 aromatic heterocycles. The summed E-state index contributed by atoms with van der Waals surface area (Å²) >= 11 is 0. The van der Waals surface area contributed by atoms with Gasteiger partial charge in [-0.2, -0.15) is 0 Å². The molecule has 27 heavy (non-hydrogen) atoms. The zero-order chi connectivity index (χ0) is 19.4. The third-order valence-electron chi connectivity index (χ3n) is 4.01. The van der Waals surface area contributed by atoms with Gasteiger partial charge in [0.25, 0.3) is 5.91 Å². The molecular formula is C21H17NO5. The van der Waals surface area contributed by atoms with Gasteiger partial charge >= 0.3 is 5.97 Å². The SMILES string of the molecule is CC(=O)c1cccc(NC(=O)COC(=O)c2ccc3ccccc3c2O)c1. The summed E-state index contributed by atoms with van der Waals surface area (Å²) in [6.07, 6.45) is 0. The molecule has 0 saturated carbocycles. The molecule has 0 aliphatic heterocycles. The molecular weight excluding hydrogens is 346 g/mol. The van der Waals surface area contributed by atoms with Gasteiger partial charge in [-0.25, -0.2) is 4.79 Å². The van der Waals surface area contributed by atoms with E-state index in [1.807, 2.05) is 12.1 Å². The van der Waals surface area contributed by atoms with Crippen molar-refractivity contribution in [1.29, 1.82) is 0 Å². The van der Waals surface area contributed by atoms with Crippen molar-refractivity contribution >= 4 is 34.1 Å². The summed E-state index contributed by atoms with van der Waals surface area (Å²) < 4.78 is 4.99. The monoisotopic (exact) mass is 363 g/mol. The maximum absolute atomic E-state index is 12.2. The van der Waals surface area contributed by atoms with Crippen LogP contribution in [-0.2, 0) is 9.53 Å². The van der Waals surface area contributed by atoms with E-state index < -0.39 is 18.5 Å². The number of hydrogen-bond acceptors (Lipinski definition) is 5. The number of Topliss-reactive ketones (excluding diaryl/α,β-unsaturated/α-hetero) is 1. The quantitative estimate of drug-likeness (QED) is 0.534. The average Bonchev–Trinajstić information content (AvgIpc) is 2.67. The second kappa shape index (κ2) is 7.70. The summed E-state index contributed by atoms with van der Waals surface area (Å²) in [6, 6.07) is 16.7. The highest BCUT2D eigenvalue weighted by Crippen LogP contribution is 2.28. The molecule has 3 aromatic carbocycles. The molecule has 0 bridgehead atoms. The molecule has 0 radical (unpaired) electrons. The summed E-state index contributed by atoms with van der Waals surface area (Å²) in [6.45, 7) is 0.911. The number of aromatic hydroxyl groups is 1. The first-order valence-electron chi connectivity index (χ1n) is 8.24. The zero-order valence-electron chi connectivity index (χ0n) is 14.6. The maximum Gasteiger partial charge on any atom is 0.342 e. The second-order valence-corrected chi connectivity index (χ2v) is 5.94. The van der Waals surface area contributed by atoms with Gasteiger partial charge in [-0.05, 0) is 30.5 Å². The standard InChI is InChI=1S/C21H17NO5/c1-13(23)15-6-4-7-16(11-15)22-19(24)12-27-21(26)18-10-9-14-5-2-3-8-17(14)20(18)25/h2-11,25H,12H2,1H3,(H,22,24). The van der Waals surface area contributed by atoms with Gasteiger partial charge in [0.15, 0.2) is 12.4 Å². The van der Waals surface area contributed by atoms with Crippen molar-refractivity contribution in [2.24, 2.45) is 0 Å². The predicted octanol–water partition coefficient (Wildman–Crippen LogP) is 3.54. The minimum atomic E-state index is -0.800. The lowest BCUT2D eigenvalue weighted by atomic mass is 10.1. The molecule has 0 unspecified atom stereocenters. The van der Waals surface area contributed by atoms with E-state index in [1.165, 1.54) is 19.1 Å². The largest absolute Gasteiger partial charge is 0.506 e. The molecule has 3 aromatic rings. The number of phenols is 1. The summed E-state index contributed by atoms with van der Waals surface area (Å²) in [5, 5.41) is 14.1. The molecule has 2 N–H and O–H groups in total. The van der Waals surface area contributed by atoms with E-state index in [1.54, 1.807) is 36.4 Å². The molecule has 0 aliphatic rings. The number of hydrogen-bond donors (Lipinski definition) is 2. The number of phenolic OH excluding ortho intramolecular Hbond substituents is 1. The number of carbonyl (C=O) groups is 3. The minimum Gasteiger partial charge on any atom is -0.506 e. The Kier molecular flexibility index (Phi) is 5.17. The molecule has 6 heteroatoms. The maximum atomic E-state index is 12.2. The van der Waals surface area contributed by atoms with E-state index >= 15 is 0 Å². The fourth-order valence-corrected chi connectivity index (χ4v) is 2.64. The van der Waals surface area contributed by atoms with E-state index in [0.29, 0.717) is 16.6 Å². The number of nitrogens with one attached hydrogen (secondary N) is 1. The number of rotatable bonds is 5. The van der Waals surface area contributed by atoms with Gasteiger partial charge in [0.2, 0.25) is 0 Å². The summed E-state index contributed by atoms with van der Waals surface area (Å²) in [4.78, 5) is 35.6. The fourth-order valence-electron chi connectivity index (χ4n) is 2.64. The van der Waals surface area contributed by atoms with Crippen molar-refractivity contribution in [3.63, 3.8) is 0 Å². The van der Waals surface area contributed by atoms with Crippen molar-refractivity contribution in [3.05, 3.63) is 71.8 Å². The molecule has 0 atom stereocenters. The van der Waals surface area contributed by atoms with Crippen LogP contribution in [0.15, 0.2) is 60.7 Å². The summed E-state index contributed by atoms with van der Waals surface area (Å²) in [7, 11) is 0. The first-order valence-corrected chi connectivity index (χ1v) is 8.24. The summed E-state index contributed by atoms with van der Waals surface area (Å²) in [5.41, 5.74) is 0.878. The number of amides is 1. The molecule has 0 heterocycles. The van der Waals surface area contributed by atoms with Crippen molar-refractivity contribution in [2.75, 3.05) is 11.9 Å². The van der Waals surface area contributed by atoms with Crippen molar-refractivity contribution in [1.82, 2.24) is 0 Å². The highest BCUT2D eigenvalue weighted by molar-refractivity contribution is 6.02. The van der Waals surface area contributed by atoms with Gasteiger partial charge in [-0.3, -0.25) is 9.59 Å². The highest BCUT2D eigenvalue weighted by Gasteiger charge is 2.16. The van der Waals surface area contributed by atoms with Crippen LogP contribution < -0.4 is 5.32 Å². The molecule has 6 nitrogen and oxygen atoms in total. The minimum absolute atomic E-state index is 0.0138. The molecule has 3 rings (SSSR count). The molecule has 0 spiro atoms. The van der Waals surface area contributed by atoms with E-state index in [2.05, 4.69) is 5.32 Å². The van der Waals surface area contributed by atoms with Crippen LogP contribution in [0.4, 0.5) is 5.69 Å². The Hall–Kier alpha value is -3.67. The van der Waals surface area contributed by atoms with Gasteiger partial charge in [-0.1, -0.05) is 42.5 Å². The van der Waals surface area contributed by atoms with Gasteiger partial charge in [0, 0.05) is 16.6 Å². The Bertz CT molecular complexity index is 1040. The van der Waals surface area contributed by atoms with Crippen LogP contribution in [0, 0.1) is 0 Å². The lowest BCUT2D eigenvalue weighted by molar-refractivity contribution is -0.119. The highest BCUT2D eigenvalue weighted by atomic mass is 16.5. The summed E-state index contributed by atoms with van der Waals surface area (Å²) in [5.74, 6) is -1.66. The van der Waals surface area contributed by atoms with Gasteiger partial charge in [0.1, 0.15) is 11.3 Å². The van der Waals surface area contributed by atoms with Crippen molar-refractivity contribution in [2.45, 2.75) is 6.92 Å². The van der Waals surface area contributed by atoms with Crippen LogP contribution in [0.5, 0.6) is 5.75 Å². The average molecular weight is 363 g/mol. The Labute approximate surface area is 155 Å². The Morgan fingerprint density at radius 3 is 2.56 bits per heavy atom. The molecule has 0 saturated heterocycles. The van der Waals surface area contributed by atoms with Crippen LogP contribution in [0.2, 0.25) is 0 Å². The van der Waals surface area contributed by atoms with Crippen LogP contribution in [0.1, 0.15) is 27.6 Å². The number of benzene rings is 3. The predicted molar refractivity (Wildman–Crippen MR) is 101 cm³/mol. The number of ether oxygens (including phenoxy) is 1. The molecule has 0 fully saturated rings. The Morgan fingerprint density at radius 1 is 1.00 bits per heavy atom. The molecule has 136 valence electrons. The zero-order valence-corrected chi connectivity index (χ0v) is 14.6. The van der Waals surface area contributed by atoms with Crippen molar-refractivity contribution < 1.29 is 24.2 Å². The second-order valence-electron chi connectivity index (χ2n) is 5.94. The topological polar surface area (TPSA) is 92.7 Å². The third kappa shape index (κ3) is 4.12. The first kappa shape index (κ1) is 18.1. The number of carbonyl (C=O) groups excluding carboxylic acids is 3. The van der Waals surface area contributed by atoms with Gasteiger partial charge < -0.3 is 15.2 Å². The van der Waals surface area contributed by atoms with Crippen LogP contribution in [0.3, 0.4) is 0 Å². The number of ketones is 1. The van der Waals surface area contributed by atoms with E-state index in [4.69, 9.17) is 4.74 Å². The Morgan fingerprint density at radius 2 is 1.78 bits per heavy atom. The lowest BCUT2D eigenvalue weighted by Gasteiger charge is -2.09. The Balaban J connectivity index is 1.65. The van der Waals surface area contributed by atoms with Gasteiger partial charge in [-0.15, -0.1) is 0 Å². The van der Waals surface area contributed by atoms with E-state index in [0.717, 1.165) is 5.39 Å². The molecule has 0 aliphatic carbocycles. The van der Waals surface area contributed by atoms with Crippen LogP contribution >= 0.6 is 0 Å².